The van der Waals surface area contributed by atoms with Crippen LogP contribution in [-0.2, 0) is 11.3 Å². The van der Waals surface area contributed by atoms with Gasteiger partial charge < -0.3 is 14.2 Å². The summed E-state index contributed by atoms with van der Waals surface area (Å²) in [5.74, 6) is 2.82. The van der Waals surface area contributed by atoms with Gasteiger partial charge in [-0.3, -0.25) is 9.69 Å². The number of aromatic nitrogens is 3. The summed E-state index contributed by atoms with van der Waals surface area (Å²) in [6, 6.07) is 4.09. The first-order valence-electron chi connectivity index (χ1n) is 11.9. The van der Waals surface area contributed by atoms with E-state index in [4.69, 9.17) is 4.42 Å². The highest BCUT2D eigenvalue weighted by molar-refractivity contribution is 5.78. The standard InChI is InChI=1S/C24H36N6O2/c1-17(2)24(31)30-13-6-5-9-20(30)23-27-26-22(32-23)18-10-14-29(15-11-18)16-19-8-7-12-25-21(19)28(3)4/h7-8,12,17-18,20H,5-6,9-11,13-16H2,1-4H3/t20-/m1/s1. The summed E-state index contributed by atoms with van der Waals surface area (Å²) in [6.45, 7) is 7.57. The third kappa shape index (κ3) is 4.95. The van der Waals surface area contributed by atoms with E-state index in [9.17, 15) is 4.79 Å². The van der Waals surface area contributed by atoms with Gasteiger partial charge >= 0.3 is 0 Å². The third-order valence-corrected chi connectivity index (χ3v) is 6.64. The second-order valence-electron chi connectivity index (χ2n) is 9.61. The number of carbonyl (C=O) groups is 1. The number of pyridine rings is 1. The molecule has 0 aliphatic carbocycles. The molecule has 0 N–H and O–H groups in total. The summed E-state index contributed by atoms with van der Waals surface area (Å²) in [6.07, 6.45) is 6.88. The zero-order chi connectivity index (χ0) is 22.7. The van der Waals surface area contributed by atoms with Gasteiger partial charge in [0.05, 0.1) is 0 Å². The van der Waals surface area contributed by atoms with Crippen LogP contribution in [-0.4, -0.2) is 64.6 Å². The normalized spacial score (nSPS) is 20.7. The van der Waals surface area contributed by atoms with Crippen molar-refractivity contribution in [3.05, 3.63) is 35.7 Å². The SMILES string of the molecule is CC(C)C(=O)N1CCCC[C@@H]1c1nnc(C2CCN(Cc3cccnc3N(C)C)CC2)o1. The molecule has 0 bridgehead atoms. The van der Waals surface area contributed by atoms with Crippen molar-refractivity contribution in [3.8, 4) is 0 Å². The molecule has 32 heavy (non-hydrogen) atoms. The fourth-order valence-electron chi connectivity index (χ4n) is 4.87. The maximum atomic E-state index is 12.7. The maximum Gasteiger partial charge on any atom is 0.238 e. The second-order valence-corrected chi connectivity index (χ2v) is 9.61. The average Bonchev–Trinajstić information content (AvgIpc) is 3.29. The predicted octanol–water partition coefficient (Wildman–Crippen LogP) is 3.62. The average molecular weight is 441 g/mol. The van der Waals surface area contributed by atoms with Crippen LogP contribution in [0, 0.1) is 5.92 Å². The lowest BCUT2D eigenvalue weighted by molar-refractivity contribution is -0.139. The summed E-state index contributed by atoms with van der Waals surface area (Å²) in [5.41, 5.74) is 1.25. The number of likely N-dealkylation sites (tertiary alicyclic amines) is 2. The summed E-state index contributed by atoms with van der Waals surface area (Å²) >= 11 is 0. The van der Waals surface area contributed by atoms with Crippen LogP contribution < -0.4 is 4.90 Å². The molecule has 0 unspecified atom stereocenters. The van der Waals surface area contributed by atoms with Crippen LogP contribution in [0.5, 0.6) is 0 Å². The Kier molecular flexibility index (Phi) is 7.08. The predicted molar refractivity (Wildman–Crippen MR) is 123 cm³/mol. The number of hydrogen-bond donors (Lipinski definition) is 0. The van der Waals surface area contributed by atoms with Crippen molar-refractivity contribution in [2.24, 2.45) is 5.92 Å². The molecule has 2 aliphatic heterocycles. The van der Waals surface area contributed by atoms with Gasteiger partial charge in [-0.15, -0.1) is 10.2 Å². The molecule has 0 aromatic carbocycles. The highest BCUT2D eigenvalue weighted by Crippen LogP contribution is 2.34. The van der Waals surface area contributed by atoms with Crippen LogP contribution in [0.15, 0.2) is 22.7 Å². The Morgan fingerprint density at radius 2 is 1.88 bits per heavy atom. The first kappa shape index (κ1) is 22.7. The molecule has 4 rings (SSSR count). The van der Waals surface area contributed by atoms with E-state index in [0.717, 1.165) is 70.0 Å². The maximum absolute atomic E-state index is 12.7. The lowest BCUT2D eigenvalue weighted by atomic mass is 9.96. The van der Waals surface area contributed by atoms with E-state index in [1.807, 2.05) is 45.1 Å². The Bertz CT molecular complexity index is 903. The molecule has 0 radical (unpaired) electrons. The molecule has 1 amide bonds. The van der Waals surface area contributed by atoms with Gasteiger partial charge in [-0.1, -0.05) is 19.9 Å². The molecule has 2 fully saturated rings. The van der Waals surface area contributed by atoms with Crippen LogP contribution >= 0.6 is 0 Å². The zero-order valence-corrected chi connectivity index (χ0v) is 19.8. The Morgan fingerprint density at radius 1 is 1.12 bits per heavy atom. The summed E-state index contributed by atoms with van der Waals surface area (Å²) < 4.78 is 6.18. The van der Waals surface area contributed by atoms with Crippen molar-refractivity contribution >= 4 is 11.7 Å². The van der Waals surface area contributed by atoms with Crippen molar-refractivity contribution < 1.29 is 9.21 Å². The number of piperidine rings is 2. The number of nitrogens with zero attached hydrogens (tertiary/aromatic N) is 6. The number of rotatable bonds is 6. The molecule has 2 aliphatic rings. The lowest BCUT2D eigenvalue weighted by Gasteiger charge is -2.34. The van der Waals surface area contributed by atoms with Crippen LogP contribution in [0.1, 0.15) is 75.3 Å². The minimum atomic E-state index is -0.0741. The van der Waals surface area contributed by atoms with Gasteiger partial charge in [0.25, 0.3) is 0 Å². The van der Waals surface area contributed by atoms with Gasteiger partial charge in [-0.2, -0.15) is 0 Å². The Morgan fingerprint density at radius 3 is 2.59 bits per heavy atom. The van der Waals surface area contributed by atoms with E-state index >= 15 is 0 Å². The van der Waals surface area contributed by atoms with E-state index in [-0.39, 0.29) is 23.8 Å². The van der Waals surface area contributed by atoms with Crippen molar-refractivity contribution in [1.82, 2.24) is 25.0 Å². The van der Waals surface area contributed by atoms with Gasteiger partial charge in [-0.25, -0.2) is 4.98 Å². The number of anilines is 1. The summed E-state index contributed by atoms with van der Waals surface area (Å²) in [4.78, 5) is 23.7. The van der Waals surface area contributed by atoms with Crippen LogP contribution in [0.25, 0.3) is 0 Å². The van der Waals surface area contributed by atoms with Gasteiger partial charge in [0.2, 0.25) is 17.7 Å². The molecule has 2 aromatic heterocycles. The first-order chi connectivity index (χ1) is 15.4. The highest BCUT2D eigenvalue weighted by Gasteiger charge is 2.34. The van der Waals surface area contributed by atoms with E-state index in [2.05, 4.69) is 31.0 Å². The minimum Gasteiger partial charge on any atom is -0.423 e. The first-order valence-corrected chi connectivity index (χ1v) is 11.9. The molecule has 2 aromatic rings. The Labute approximate surface area is 191 Å². The van der Waals surface area contributed by atoms with Crippen LogP contribution in [0.4, 0.5) is 5.82 Å². The quantitative estimate of drug-likeness (QED) is 0.679. The molecule has 0 saturated carbocycles. The largest absolute Gasteiger partial charge is 0.423 e. The lowest BCUT2D eigenvalue weighted by Crippen LogP contribution is -2.40. The van der Waals surface area contributed by atoms with Crippen molar-refractivity contribution in [2.45, 2.75) is 64.5 Å². The molecule has 2 saturated heterocycles. The van der Waals surface area contributed by atoms with Gasteiger partial charge in [-0.05, 0) is 51.3 Å². The van der Waals surface area contributed by atoms with E-state index in [0.29, 0.717) is 5.89 Å². The fraction of sp³-hybridized carbons (Fsp3) is 0.667. The molecule has 4 heterocycles. The molecule has 1 atom stereocenters. The van der Waals surface area contributed by atoms with Crippen LogP contribution in [0.2, 0.25) is 0 Å². The van der Waals surface area contributed by atoms with Gasteiger partial charge in [0.15, 0.2) is 0 Å². The summed E-state index contributed by atoms with van der Waals surface area (Å²) in [5, 5.41) is 8.80. The third-order valence-electron chi connectivity index (χ3n) is 6.64. The van der Waals surface area contributed by atoms with Crippen molar-refractivity contribution in [3.63, 3.8) is 0 Å². The highest BCUT2D eigenvalue weighted by atomic mass is 16.4. The molecular weight excluding hydrogens is 404 g/mol. The Hall–Kier alpha value is -2.48. The summed E-state index contributed by atoms with van der Waals surface area (Å²) in [7, 11) is 4.07. The van der Waals surface area contributed by atoms with Crippen molar-refractivity contribution in [2.75, 3.05) is 38.6 Å². The number of hydrogen-bond acceptors (Lipinski definition) is 7. The Balaban J connectivity index is 1.37. The molecule has 8 heteroatoms. The zero-order valence-electron chi connectivity index (χ0n) is 19.8. The topological polar surface area (TPSA) is 78.6 Å². The monoisotopic (exact) mass is 440 g/mol. The smallest absolute Gasteiger partial charge is 0.238 e. The van der Waals surface area contributed by atoms with E-state index in [1.165, 1.54) is 5.56 Å². The fourth-order valence-corrected chi connectivity index (χ4v) is 4.87. The number of amides is 1. The number of carbonyl (C=O) groups excluding carboxylic acids is 1. The molecule has 174 valence electrons. The van der Waals surface area contributed by atoms with Crippen LogP contribution in [0.3, 0.4) is 0 Å². The van der Waals surface area contributed by atoms with E-state index in [1.54, 1.807) is 0 Å². The van der Waals surface area contributed by atoms with Crippen molar-refractivity contribution in [1.29, 1.82) is 0 Å². The second kappa shape index (κ2) is 9.98. The van der Waals surface area contributed by atoms with Gasteiger partial charge in [0.1, 0.15) is 11.9 Å². The minimum absolute atomic E-state index is 0.0184. The van der Waals surface area contributed by atoms with Gasteiger partial charge in [0, 0.05) is 50.8 Å². The molecule has 8 nitrogen and oxygen atoms in total. The molecular formula is C24H36N6O2. The molecule has 0 spiro atoms. The van der Waals surface area contributed by atoms with E-state index < -0.39 is 0 Å².